The third kappa shape index (κ3) is 2.15. The minimum absolute atomic E-state index is 0.238. The number of rotatable bonds is 4. The molecule has 4 nitrogen and oxygen atoms in total. The van der Waals surface area contributed by atoms with Gasteiger partial charge in [0, 0.05) is 24.3 Å². The van der Waals surface area contributed by atoms with Gasteiger partial charge in [-0.1, -0.05) is 13.0 Å². The number of carboxylic acids is 1. The predicted octanol–water partition coefficient (Wildman–Crippen LogP) is 2.17. The van der Waals surface area contributed by atoms with Crippen LogP contribution in [0.5, 0.6) is 5.75 Å². The molecule has 0 fully saturated rings. The van der Waals surface area contributed by atoms with Crippen molar-refractivity contribution >= 4 is 11.7 Å². The van der Waals surface area contributed by atoms with Gasteiger partial charge in [0.2, 0.25) is 0 Å². The minimum atomic E-state index is -0.730. The van der Waals surface area contributed by atoms with E-state index in [4.69, 9.17) is 9.84 Å². The van der Waals surface area contributed by atoms with Crippen LogP contribution in [0.1, 0.15) is 18.9 Å². The van der Waals surface area contributed by atoms with E-state index in [0.29, 0.717) is 6.42 Å². The first kappa shape index (κ1) is 12.7. The first-order valence-corrected chi connectivity index (χ1v) is 6.16. The second-order valence-corrected chi connectivity index (χ2v) is 4.90. The van der Waals surface area contributed by atoms with Gasteiger partial charge in [0.05, 0.1) is 13.0 Å². The molecular weight excluding hydrogens is 230 g/mol. The van der Waals surface area contributed by atoms with Crippen molar-refractivity contribution in [1.29, 1.82) is 0 Å². The molecule has 1 aliphatic heterocycles. The zero-order valence-corrected chi connectivity index (χ0v) is 11.0. The van der Waals surface area contributed by atoms with Crippen LogP contribution >= 0.6 is 0 Å². The lowest BCUT2D eigenvalue weighted by atomic mass is 9.99. The largest absolute Gasteiger partial charge is 0.496 e. The number of aliphatic carboxylic acids is 1. The van der Waals surface area contributed by atoms with Crippen LogP contribution < -0.4 is 9.64 Å². The highest BCUT2D eigenvalue weighted by molar-refractivity contribution is 5.70. The molecule has 2 unspecified atom stereocenters. The third-order valence-corrected chi connectivity index (χ3v) is 3.74. The maximum Gasteiger partial charge on any atom is 0.306 e. The van der Waals surface area contributed by atoms with Crippen molar-refractivity contribution in [2.24, 2.45) is 5.92 Å². The molecular formula is C14H19NO3. The van der Waals surface area contributed by atoms with Gasteiger partial charge in [-0.15, -0.1) is 0 Å². The van der Waals surface area contributed by atoms with Gasteiger partial charge >= 0.3 is 5.97 Å². The molecule has 1 aromatic carbocycles. The molecule has 0 aromatic heterocycles. The van der Waals surface area contributed by atoms with E-state index < -0.39 is 5.97 Å². The van der Waals surface area contributed by atoms with E-state index in [1.54, 1.807) is 14.0 Å². The van der Waals surface area contributed by atoms with Crippen LogP contribution in [0.15, 0.2) is 18.2 Å². The molecule has 18 heavy (non-hydrogen) atoms. The van der Waals surface area contributed by atoms with Crippen LogP contribution in [0, 0.1) is 5.92 Å². The van der Waals surface area contributed by atoms with Crippen molar-refractivity contribution in [3.63, 3.8) is 0 Å². The number of hydrogen-bond donors (Lipinski definition) is 1. The molecule has 0 amide bonds. The number of likely N-dealkylation sites (N-methyl/N-ethyl adjacent to an activating group) is 1. The summed E-state index contributed by atoms with van der Waals surface area (Å²) in [7, 11) is 3.69. The summed E-state index contributed by atoms with van der Waals surface area (Å²) in [4.78, 5) is 13.1. The van der Waals surface area contributed by atoms with E-state index in [9.17, 15) is 4.79 Å². The molecule has 1 aromatic rings. The molecule has 0 bridgehead atoms. The molecule has 0 saturated heterocycles. The molecule has 1 N–H and O–H groups in total. The molecule has 2 atom stereocenters. The summed E-state index contributed by atoms with van der Waals surface area (Å²) in [6.07, 6.45) is 1.51. The van der Waals surface area contributed by atoms with Crippen molar-refractivity contribution in [3.05, 3.63) is 23.8 Å². The number of ether oxygens (including phenoxy) is 1. The number of carbonyl (C=O) groups is 1. The summed E-state index contributed by atoms with van der Waals surface area (Å²) in [5.41, 5.74) is 2.34. The van der Waals surface area contributed by atoms with Crippen molar-refractivity contribution in [2.75, 3.05) is 19.1 Å². The molecule has 0 aliphatic carbocycles. The van der Waals surface area contributed by atoms with Crippen LogP contribution in [0.25, 0.3) is 0 Å². The van der Waals surface area contributed by atoms with E-state index >= 15 is 0 Å². The van der Waals surface area contributed by atoms with E-state index in [2.05, 4.69) is 11.0 Å². The van der Waals surface area contributed by atoms with E-state index in [-0.39, 0.29) is 12.0 Å². The zero-order valence-electron chi connectivity index (χ0n) is 11.0. The van der Waals surface area contributed by atoms with Crippen LogP contribution in [-0.2, 0) is 11.2 Å². The first-order chi connectivity index (χ1) is 8.54. The number of methoxy groups -OCH3 is 1. The van der Waals surface area contributed by atoms with E-state index in [0.717, 1.165) is 17.9 Å². The lowest BCUT2D eigenvalue weighted by Crippen LogP contribution is -2.31. The number of nitrogens with zero attached hydrogens (tertiary/aromatic N) is 1. The van der Waals surface area contributed by atoms with Crippen molar-refractivity contribution in [3.8, 4) is 5.75 Å². The molecule has 0 radical (unpaired) electrons. The Balaban J connectivity index is 2.19. The van der Waals surface area contributed by atoms with Gasteiger partial charge in [0.15, 0.2) is 0 Å². The van der Waals surface area contributed by atoms with E-state index in [1.165, 1.54) is 5.56 Å². The molecule has 4 heteroatoms. The Bertz CT molecular complexity index is 458. The first-order valence-electron chi connectivity index (χ1n) is 6.16. The summed E-state index contributed by atoms with van der Waals surface area (Å²) in [6, 6.07) is 6.22. The summed E-state index contributed by atoms with van der Waals surface area (Å²) in [5, 5.41) is 9.00. The average Bonchev–Trinajstić information content (AvgIpc) is 2.66. The number of hydrogen-bond acceptors (Lipinski definition) is 3. The molecule has 1 heterocycles. The van der Waals surface area contributed by atoms with E-state index in [1.807, 2.05) is 19.2 Å². The molecule has 2 rings (SSSR count). The number of fused-ring (bicyclic) bond motifs is 1. The van der Waals surface area contributed by atoms with Gasteiger partial charge in [-0.05, 0) is 25.0 Å². The van der Waals surface area contributed by atoms with Gasteiger partial charge in [-0.25, -0.2) is 0 Å². The fraction of sp³-hybridized carbons (Fsp3) is 0.500. The Kier molecular flexibility index (Phi) is 3.45. The fourth-order valence-corrected chi connectivity index (χ4v) is 2.60. The highest BCUT2D eigenvalue weighted by Crippen LogP contribution is 2.38. The van der Waals surface area contributed by atoms with Crippen LogP contribution in [0.4, 0.5) is 5.69 Å². The average molecular weight is 249 g/mol. The van der Waals surface area contributed by atoms with Crippen LogP contribution in [0.2, 0.25) is 0 Å². The fourth-order valence-electron chi connectivity index (χ4n) is 2.60. The highest BCUT2D eigenvalue weighted by Gasteiger charge is 2.31. The highest BCUT2D eigenvalue weighted by atomic mass is 16.5. The number of benzene rings is 1. The molecule has 0 spiro atoms. The Morgan fingerprint density at radius 2 is 2.33 bits per heavy atom. The normalized spacial score (nSPS) is 19.5. The molecule has 0 saturated carbocycles. The lowest BCUT2D eigenvalue weighted by Gasteiger charge is -2.24. The van der Waals surface area contributed by atoms with Crippen molar-refractivity contribution in [2.45, 2.75) is 25.8 Å². The summed E-state index contributed by atoms with van der Waals surface area (Å²) < 4.78 is 5.36. The lowest BCUT2D eigenvalue weighted by molar-refractivity contribution is -0.141. The van der Waals surface area contributed by atoms with Gasteiger partial charge in [-0.3, -0.25) is 4.79 Å². The second-order valence-electron chi connectivity index (χ2n) is 4.90. The topological polar surface area (TPSA) is 49.8 Å². The Morgan fingerprint density at radius 1 is 1.61 bits per heavy atom. The molecule has 98 valence electrons. The van der Waals surface area contributed by atoms with Gasteiger partial charge in [0.25, 0.3) is 0 Å². The maximum atomic E-state index is 10.9. The zero-order chi connectivity index (χ0) is 13.3. The number of carboxylic acid groups (broad SMARTS) is 1. The van der Waals surface area contributed by atoms with Crippen LogP contribution in [-0.4, -0.2) is 31.3 Å². The SMILES string of the molecule is COc1cccc2c1CC(CC(C)C(=O)O)N2C. The van der Waals surface area contributed by atoms with Crippen molar-refractivity contribution in [1.82, 2.24) is 0 Å². The smallest absolute Gasteiger partial charge is 0.306 e. The van der Waals surface area contributed by atoms with Gasteiger partial charge in [-0.2, -0.15) is 0 Å². The second kappa shape index (κ2) is 4.88. The maximum absolute atomic E-state index is 10.9. The summed E-state index contributed by atoms with van der Waals surface area (Å²) in [6.45, 7) is 1.76. The monoisotopic (exact) mass is 249 g/mol. The van der Waals surface area contributed by atoms with Crippen molar-refractivity contribution < 1.29 is 14.6 Å². The summed E-state index contributed by atoms with van der Waals surface area (Å²) in [5.74, 6) is -0.158. The summed E-state index contributed by atoms with van der Waals surface area (Å²) >= 11 is 0. The quantitative estimate of drug-likeness (QED) is 0.888. The molecule has 1 aliphatic rings. The third-order valence-electron chi connectivity index (χ3n) is 3.74. The predicted molar refractivity (Wildman–Crippen MR) is 70.3 cm³/mol. The Morgan fingerprint density at radius 3 is 2.94 bits per heavy atom. The van der Waals surface area contributed by atoms with Gasteiger partial charge in [0.1, 0.15) is 5.75 Å². The Hall–Kier alpha value is -1.71. The van der Waals surface area contributed by atoms with Gasteiger partial charge < -0.3 is 14.7 Å². The minimum Gasteiger partial charge on any atom is -0.496 e. The Labute approximate surface area is 107 Å². The van der Waals surface area contributed by atoms with Crippen LogP contribution in [0.3, 0.4) is 0 Å². The standard InChI is InChI=1S/C14H19NO3/c1-9(14(16)17)7-10-8-11-12(15(10)2)5-4-6-13(11)18-3/h4-6,9-10H,7-8H2,1-3H3,(H,16,17). The number of anilines is 1.